The van der Waals surface area contributed by atoms with Crippen LogP contribution in [0.2, 0.25) is 0 Å². The molecule has 1 aromatic carbocycles. The second-order valence-corrected chi connectivity index (χ2v) is 4.84. The molecule has 1 aliphatic heterocycles. The van der Waals surface area contributed by atoms with Crippen molar-refractivity contribution in [2.75, 3.05) is 24.6 Å². The molecule has 2 rings (SSSR count). The lowest BCUT2D eigenvalue weighted by molar-refractivity contribution is -0.148. The summed E-state index contributed by atoms with van der Waals surface area (Å²) in [6.07, 6.45) is 1.67. The number of piperidine rings is 1. The Balaban J connectivity index is 1.94. The molecule has 0 atom stereocenters. The number of rotatable bonds is 4. The lowest BCUT2D eigenvalue weighted by atomic mass is 9.96. The molecule has 0 aromatic heterocycles. The first-order chi connectivity index (χ1) is 9.24. The number of ether oxygens (including phenoxy) is 1. The van der Waals surface area contributed by atoms with E-state index in [1.807, 2.05) is 31.2 Å². The second kappa shape index (κ2) is 6.57. The number of aliphatic hydroxyl groups is 1. The summed E-state index contributed by atoms with van der Waals surface area (Å²) in [5, 5.41) is 9.15. The summed E-state index contributed by atoms with van der Waals surface area (Å²) in [6.45, 7) is 4.08. The molecule has 0 amide bonds. The van der Waals surface area contributed by atoms with Crippen molar-refractivity contribution in [3.8, 4) is 0 Å². The third-order valence-electron chi connectivity index (χ3n) is 3.57. The Bertz CT molecular complexity index is 425. The van der Waals surface area contributed by atoms with Crippen LogP contribution in [-0.2, 0) is 16.1 Å². The number of benzene rings is 1. The van der Waals surface area contributed by atoms with E-state index in [4.69, 9.17) is 9.84 Å². The van der Waals surface area contributed by atoms with E-state index in [1.54, 1.807) is 0 Å². The Hall–Kier alpha value is -1.55. The van der Waals surface area contributed by atoms with Gasteiger partial charge in [0.2, 0.25) is 0 Å². The van der Waals surface area contributed by atoms with Gasteiger partial charge < -0.3 is 14.7 Å². The topological polar surface area (TPSA) is 49.8 Å². The summed E-state index contributed by atoms with van der Waals surface area (Å²) >= 11 is 0. The van der Waals surface area contributed by atoms with E-state index in [0.29, 0.717) is 6.61 Å². The molecule has 1 heterocycles. The molecule has 1 aromatic rings. The van der Waals surface area contributed by atoms with Gasteiger partial charge in [-0.2, -0.15) is 0 Å². The minimum absolute atomic E-state index is 0.0391. The number of esters is 1. The van der Waals surface area contributed by atoms with Crippen LogP contribution in [0.1, 0.15) is 25.3 Å². The van der Waals surface area contributed by atoms with Crippen LogP contribution < -0.4 is 4.90 Å². The Morgan fingerprint density at radius 3 is 2.79 bits per heavy atom. The molecule has 0 radical (unpaired) electrons. The molecule has 104 valence electrons. The highest BCUT2D eigenvalue weighted by Gasteiger charge is 2.25. The molecular formula is C15H21NO3. The Kier molecular flexibility index (Phi) is 4.80. The first kappa shape index (κ1) is 13.9. The molecule has 19 heavy (non-hydrogen) atoms. The van der Waals surface area contributed by atoms with Crippen LogP contribution in [0.5, 0.6) is 0 Å². The number of nitrogens with zero attached hydrogens (tertiary/aromatic N) is 1. The molecule has 1 saturated heterocycles. The van der Waals surface area contributed by atoms with Crippen molar-refractivity contribution in [2.24, 2.45) is 5.92 Å². The Morgan fingerprint density at radius 2 is 2.16 bits per heavy atom. The molecule has 0 bridgehead atoms. The van der Waals surface area contributed by atoms with Crippen LogP contribution in [0.4, 0.5) is 5.69 Å². The van der Waals surface area contributed by atoms with Gasteiger partial charge in [0.15, 0.2) is 0 Å². The van der Waals surface area contributed by atoms with Gasteiger partial charge in [0.05, 0.1) is 19.1 Å². The lowest BCUT2D eigenvalue weighted by Gasteiger charge is -2.32. The van der Waals surface area contributed by atoms with Crippen LogP contribution in [0.25, 0.3) is 0 Å². The fraction of sp³-hybridized carbons (Fsp3) is 0.533. The SMILES string of the molecule is CCOC(=O)C1CCN(c2cccc(CO)c2)CC1. The predicted octanol–water partition coefficient (Wildman–Crippen LogP) is 1.96. The van der Waals surface area contributed by atoms with Crippen molar-refractivity contribution in [3.05, 3.63) is 29.8 Å². The van der Waals surface area contributed by atoms with E-state index in [1.165, 1.54) is 0 Å². The van der Waals surface area contributed by atoms with Crippen molar-refractivity contribution in [1.29, 1.82) is 0 Å². The quantitative estimate of drug-likeness (QED) is 0.844. The number of carbonyl (C=O) groups is 1. The lowest BCUT2D eigenvalue weighted by Crippen LogP contribution is -2.37. The van der Waals surface area contributed by atoms with Crippen molar-refractivity contribution in [2.45, 2.75) is 26.4 Å². The van der Waals surface area contributed by atoms with Crippen LogP contribution >= 0.6 is 0 Å². The average molecular weight is 263 g/mol. The highest BCUT2D eigenvalue weighted by Crippen LogP contribution is 2.24. The fourth-order valence-electron chi connectivity index (χ4n) is 2.49. The van der Waals surface area contributed by atoms with E-state index >= 15 is 0 Å². The second-order valence-electron chi connectivity index (χ2n) is 4.84. The van der Waals surface area contributed by atoms with Crippen LogP contribution in [0, 0.1) is 5.92 Å². The molecule has 0 saturated carbocycles. The van der Waals surface area contributed by atoms with Gasteiger partial charge in [-0.1, -0.05) is 12.1 Å². The maximum atomic E-state index is 11.7. The zero-order chi connectivity index (χ0) is 13.7. The summed E-state index contributed by atoms with van der Waals surface area (Å²) in [7, 11) is 0. The summed E-state index contributed by atoms with van der Waals surface area (Å²) in [5.74, 6) is -0.0246. The zero-order valence-corrected chi connectivity index (χ0v) is 11.3. The highest BCUT2D eigenvalue weighted by atomic mass is 16.5. The normalized spacial score (nSPS) is 16.4. The van der Waals surface area contributed by atoms with Gasteiger partial charge in [0.25, 0.3) is 0 Å². The molecule has 0 aliphatic carbocycles. The van der Waals surface area contributed by atoms with E-state index in [-0.39, 0.29) is 18.5 Å². The number of hydrogen-bond donors (Lipinski definition) is 1. The fourth-order valence-corrected chi connectivity index (χ4v) is 2.49. The Morgan fingerprint density at radius 1 is 1.42 bits per heavy atom. The molecule has 1 N–H and O–H groups in total. The summed E-state index contributed by atoms with van der Waals surface area (Å²) in [5.41, 5.74) is 2.04. The number of anilines is 1. The van der Waals surface area contributed by atoms with Gasteiger partial charge in [-0.05, 0) is 37.5 Å². The molecule has 4 nitrogen and oxygen atoms in total. The molecule has 0 unspecified atom stereocenters. The summed E-state index contributed by atoms with van der Waals surface area (Å²) < 4.78 is 5.07. The molecule has 1 fully saturated rings. The first-order valence-corrected chi connectivity index (χ1v) is 6.86. The Labute approximate surface area is 114 Å². The van der Waals surface area contributed by atoms with Gasteiger partial charge >= 0.3 is 5.97 Å². The number of hydrogen-bond acceptors (Lipinski definition) is 4. The number of aliphatic hydroxyl groups excluding tert-OH is 1. The highest BCUT2D eigenvalue weighted by molar-refractivity contribution is 5.72. The van der Waals surface area contributed by atoms with Gasteiger partial charge in [-0.15, -0.1) is 0 Å². The van der Waals surface area contributed by atoms with Gasteiger partial charge in [-0.3, -0.25) is 4.79 Å². The van der Waals surface area contributed by atoms with Crippen LogP contribution in [0.15, 0.2) is 24.3 Å². The molecular weight excluding hydrogens is 242 g/mol. The summed E-state index contributed by atoms with van der Waals surface area (Å²) in [4.78, 5) is 13.9. The van der Waals surface area contributed by atoms with Crippen LogP contribution in [-0.4, -0.2) is 30.8 Å². The van der Waals surface area contributed by atoms with Crippen molar-refractivity contribution < 1.29 is 14.6 Å². The van der Waals surface area contributed by atoms with E-state index in [0.717, 1.165) is 37.2 Å². The van der Waals surface area contributed by atoms with Gasteiger partial charge in [0.1, 0.15) is 0 Å². The smallest absolute Gasteiger partial charge is 0.309 e. The van der Waals surface area contributed by atoms with E-state index < -0.39 is 0 Å². The maximum Gasteiger partial charge on any atom is 0.309 e. The number of carbonyl (C=O) groups excluding carboxylic acids is 1. The van der Waals surface area contributed by atoms with Crippen LogP contribution in [0.3, 0.4) is 0 Å². The molecule has 4 heteroatoms. The maximum absolute atomic E-state index is 11.7. The third kappa shape index (κ3) is 3.47. The van der Waals surface area contributed by atoms with E-state index in [9.17, 15) is 4.79 Å². The first-order valence-electron chi connectivity index (χ1n) is 6.86. The molecule has 1 aliphatic rings. The average Bonchev–Trinajstić information content (AvgIpc) is 2.48. The predicted molar refractivity (Wildman–Crippen MR) is 73.9 cm³/mol. The third-order valence-corrected chi connectivity index (χ3v) is 3.57. The molecule has 0 spiro atoms. The van der Waals surface area contributed by atoms with Crippen molar-refractivity contribution in [1.82, 2.24) is 0 Å². The minimum atomic E-state index is -0.0636. The summed E-state index contributed by atoms with van der Waals surface area (Å²) in [6, 6.07) is 7.92. The van der Waals surface area contributed by atoms with E-state index in [2.05, 4.69) is 4.90 Å². The largest absolute Gasteiger partial charge is 0.466 e. The minimum Gasteiger partial charge on any atom is -0.466 e. The zero-order valence-electron chi connectivity index (χ0n) is 11.3. The standard InChI is InChI=1S/C15H21NO3/c1-2-19-15(18)13-6-8-16(9-7-13)14-5-3-4-12(10-14)11-17/h3-5,10,13,17H,2,6-9,11H2,1H3. The van der Waals surface area contributed by atoms with Crippen molar-refractivity contribution in [3.63, 3.8) is 0 Å². The van der Waals surface area contributed by atoms with Gasteiger partial charge in [-0.25, -0.2) is 0 Å². The van der Waals surface area contributed by atoms with Gasteiger partial charge in [0, 0.05) is 18.8 Å². The van der Waals surface area contributed by atoms with Crippen molar-refractivity contribution >= 4 is 11.7 Å². The monoisotopic (exact) mass is 263 g/mol.